The van der Waals surface area contributed by atoms with Crippen LogP contribution in [0.3, 0.4) is 0 Å². The number of amides is 1. The molecule has 0 saturated carbocycles. The molecule has 0 fully saturated rings. The minimum absolute atomic E-state index is 0.0106. The number of carbonyl (C=O) groups excluding carboxylic acids is 1. The Morgan fingerprint density at radius 3 is 2.35 bits per heavy atom. The molecule has 2 heterocycles. The van der Waals surface area contributed by atoms with Crippen molar-refractivity contribution in [1.82, 2.24) is 19.1 Å². The van der Waals surface area contributed by atoms with Crippen molar-refractivity contribution in [3.8, 4) is 16.9 Å². The highest BCUT2D eigenvalue weighted by molar-refractivity contribution is 7.91. The molecule has 14 heteroatoms. The summed E-state index contributed by atoms with van der Waals surface area (Å²) in [4.78, 5) is 16.9. The zero-order chi connectivity index (χ0) is 27.1. The summed E-state index contributed by atoms with van der Waals surface area (Å²) in [6.07, 6.45) is -4.67. The van der Waals surface area contributed by atoms with Crippen LogP contribution in [0.4, 0.5) is 18.3 Å². The number of anilines is 1. The molecule has 0 aliphatic rings. The Morgan fingerprint density at radius 1 is 1.11 bits per heavy atom. The van der Waals surface area contributed by atoms with Crippen molar-refractivity contribution in [3.63, 3.8) is 0 Å². The fraction of sp³-hybridized carbons (Fsp3) is 0.174. The molecule has 0 aliphatic heterocycles. The number of carbonyl (C=O) groups is 1. The van der Waals surface area contributed by atoms with E-state index in [0.29, 0.717) is 5.56 Å². The Bertz CT molecular complexity index is 1580. The number of aromatic nitrogens is 3. The van der Waals surface area contributed by atoms with Crippen molar-refractivity contribution in [1.29, 1.82) is 0 Å². The summed E-state index contributed by atoms with van der Waals surface area (Å²) in [5.41, 5.74) is 0.0995. The van der Waals surface area contributed by atoms with Crippen LogP contribution in [-0.4, -0.2) is 47.5 Å². The summed E-state index contributed by atoms with van der Waals surface area (Å²) >= 11 is 7.02. The van der Waals surface area contributed by atoms with Crippen molar-refractivity contribution in [2.75, 3.05) is 19.4 Å². The van der Waals surface area contributed by atoms with Crippen LogP contribution in [0.25, 0.3) is 16.9 Å². The molecule has 2 aromatic heterocycles. The summed E-state index contributed by atoms with van der Waals surface area (Å²) in [6, 6.07) is 13.1. The van der Waals surface area contributed by atoms with Gasteiger partial charge in [0.2, 0.25) is 0 Å². The van der Waals surface area contributed by atoms with Gasteiger partial charge >= 0.3 is 6.18 Å². The van der Waals surface area contributed by atoms with E-state index in [9.17, 15) is 26.4 Å². The number of nitrogens with zero attached hydrogens (tertiary/aromatic N) is 4. The summed E-state index contributed by atoms with van der Waals surface area (Å²) in [6.45, 7) is 1.52. The SMILES string of the molecule is Cc1nc(NC(=O)c2ccc(-c3cc(C(F)(F)F)nn3-c3ccccc3Cl)cc2)sc1S(=O)(=O)N(C)C. The second-order valence-electron chi connectivity index (χ2n) is 7.99. The summed E-state index contributed by atoms with van der Waals surface area (Å²) < 4.78 is 67.3. The fourth-order valence-corrected chi connectivity index (χ4v) is 6.10. The quantitative estimate of drug-likeness (QED) is 0.332. The summed E-state index contributed by atoms with van der Waals surface area (Å²) in [5.74, 6) is -0.565. The van der Waals surface area contributed by atoms with Gasteiger partial charge in [0.1, 0.15) is 0 Å². The Labute approximate surface area is 219 Å². The Balaban J connectivity index is 1.64. The van der Waals surface area contributed by atoms with Gasteiger partial charge in [0, 0.05) is 25.2 Å². The van der Waals surface area contributed by atoms with Gasteiger partial charge < -0.3 is 0 Å². The third-order valence-electron chi connectivity index (χ3n) is 5.21. The van der Waals surface area contributed by atoms with Crippen LogP contribution in [-0.2, 0) is 16.2 Å². The maximum atomic E-state index is 13.4. The van der Waals surface area contributed by atoms with Crippen molar-refractivity contribution in [2.45, 2.75) is 17.3 Å². The number of hydrogen-bond donors (Lipinski definition) is 1. The topological polar surface area (TPSA) is 97.2 Å². The van der Waals surface area contributed by atoms with E-state index in [1.165, 1.54) is 45.3 Å². The van der Waals surface area contributed by atoms with Crippen LogP contribution in [0.15, 0.2) is 58.8 Å². The van der Waals surface area contributed by atoms with Gasteiger partial charge in [-0.2, -0.15) is 18.3 Å². The highest BCUT2D eigenvalue weighted by atomic mass is 35.5. The number of para-hydroxylation sites is 1. The Hall–Kier alpha value is -3.26. The number of rotatable bonds is 6. The molecule has 0 aliphatic carbocycles. The monoisotopic (exact) mass is 569 g/mol. The lowest BCUT2D eigenvalue weighted by molar-refractivity contribution is -0.141. The van der Waals surface area contributed by atoms with Crippen LogP contribution in [0.5, 0.6) is 0 Å². The van der Waals surface area contributed by atoms with Gasteiger partial charge in [0.25, 0.3) is 15.9 Å². The number of alkyl halides is 3. The van der Waals surface area contributed by atoms with Gasteiger partial charge in [0.15, 0.2) is 15.0 Å². The maximum Gasteiger partial charge on any atom is 0.435 e. The second kappa shape index (κ2) is 9.89. The predicted molar refractivity (Wildman–Crippen MR) is 135 cm³/mol. The number of nitrogens with one attached hydrogen (secondary N) is 1. The van der Waals surface area contributed by atoms with Crippen LogP contribution < -0.4 is 5.32 Å². The first-order chi connectivity index (χ1) is 17.3. The minimum atomic E-state index is -4.67. The minimum Gasteiger partial charge on any atom is -0.298 e. The van der Waals surface area contributed by atoms with Gasteiger partial charge in [0.05, 0.1) is 22.1 Å². The van der Waals surface area contributed by atoms with Crippen LogP contribution >= 0.6 is 22.9 Å². The molecule has 0 saturated heterocycles. The third-order valence-corrected chi connectivity index (χ3v) is 9.01. The third kappa shape index (κ3) is 5.39. The number of halogens is 4. The van der Waals surface area contributed by atoms with E-state index in [1.807, 2.05) is 0 Å². The molecule has 4 rings (SSSR count). The number of hydrogen-bond acceptors (Lipinski definition) is 6. The van der Waals surface area contributed by atoms with Crippen LogP contribution in [0, 0.1) is 6.92 Å². The van der Waals surface area contributed by atoms with E-state index in [4.69, 9.17) is 11.6 Å². The number of sulfonamides is 1. The standard InChI is InChI=1S/C23H19ClF3N5O3S2/c1-13-21(37(34,35)31(2)3)36-22(28-13)29-20(33)15-10-8-14(9-11-15)18-12-19(23(25,26)27)30-32(18)17-7-5-4-6-16(17)24/h4-12H,1-3H3,(H,28,29,33). The fourth-order valence-electron chi connectivity index (χ4n) is 3.34. The molecule has 8 nitrogen and oxygen atoms in total. The molecule has 0 spiro atoms. The highest BCUT2D eigenvalue weighted by Crippen LogP contribution is 2.35. The smallest absolute Gasteiger partial charge is 0.298 e. The molecule has 0 bridgehead atoms. The lowest BCUT2D eigenvalue weighted by atomic mass is 10.1. The zero-order valence-corrected chi connectivity index (χ0v) is 21.9. The van der Waals surface area contributed by atoms with E-state index in [0.717, 1.165) is 26.4 Å². The molecule has 2 aromatic carbocycles. The van der Waals surface area contributed by atoms with Gasteiger partial charge in [-0.1, -0.05) is 47.2 Å². The largest absolute Gasteiger partial charge is 0.435 e. The van der Waals surface area contributed by atoms with Gasteiger partial charge in [-0.25, -0.2) is 22.4 Å². The molecule has 37 heavy (non-hydrogen) atoms. The average Bonchev–Trinajstić information content (AvgIpc) is 3.43. The predicted octanol–water partition coefficient (Wildman–Crippen LogP) is 5.48. The van der Waals surface area contributed by atoms with Crippen molar-refractivity contribution in [2.24, 2.45) is 0 Å². The maximum absolute atomic E-state index is 13.4. The molecule has 1 amide bonds. The van der Waals surface area contributed by atoms with E-state index < -0.39 is 27.8 Å². The van der Waals surface area contributed by atoms with E-state index >= 15 is 0 Å². The average molecular weight is 570 g/mol. The van der Waals surface area contributed by atoms with Crippen LogP contribution in [0.2, 0.25) is 5.02 Å². The van der Waals surface area contributed by atoms with Crippen LogP contribution in [0.1, 0.15) is 21.7 Å². The molecular weight excluding hydrogens is 551 g/mol. The van der Waals surface area contributed by atoms with E-state index in [1.54, 1.807) is 24.3 Å². The molecule has 0 radical (unpaired) electrons. The molecule has 4 aromatic rings. The molecule has 194 valence electrons. The van der Waals surface area contributed by atoms with E-state index in [2.05, 4.69) is 15.4 Å². The summed E-state index contributed by atoms with van der Waals surface area (Å²) in [7, 11) is -0.937. The van der Waals surface area contributed by atoms with Crippen molar-refractivity contribution in [3.05, 3.63) is 76.6 Å². The van der Waals surface area contributed by atoms with Crippen molar-refractivity contribution >= 4 is 44.0 Å². The first kappa shape index (κ1) is 26.8. The Morgan fingerprint density at radius 2 is 1.76 bits per heavy atom. The number of aryl methyl sites for hydroxylation is 1. The molecule has 0 atom stereocenters. The normalized spacial score (nSPS) is 12.2. The highest BCUT2D eigenvalue weighted by Gasteiger charge is 2.35. The lowest BCUT2D eigenvalue weighted by Gasteiger charge is -2.10. The molecule has 0 unspecified atom stereocenters. The van der Waals surface area contributed by atoms with Gasteiger partial charge in [-0.05, 0) is 37.3 Å². The first-order valence-electron chi connectivity index (χ1n) is 10.5. The van der Waals surface area contributed by atoms with Gasteiger partial charge in [-0.3, -0.25) is 10.1 Å². The zero-order valence-electron chi connectivity index (χ0n) is 19.5. The molecule has 1 N–H and O–H groups in total. The lowest BCUT2D eigenvalue weighted by Crippen LogP contribution is -2.21. The molecular formula is C23H19ClF3N5O3S2. The van der Waals surface area contributed by atoms with E-state index in [-0.39, 0.29) is 37.0 Å². The Kier molecular flexibility index (Phi) is 7.16. The number of benzene rings is 2. The number of thiazole rings is 1. The second-order valence-corrected chi connectivity index (χ2v) is 11.7. The van der Waals surface area contributed by atoms with Crippen molar-refractivity contribution < 1.29 is 26.4 Å². The first-order valence-corrected chi connectivity index (χ1v) is 13.2. The summed E-state index contributed by atoms with van der Waals surface area (Å²) in [5, 5.41) is 6.58. The van der Waals surface area contributed by atoms with Gasteiger partial charge in [-0.15, -0.1) is 0 Å².